The predicted molar refractivity (Wildman–Crippen MR) is 77.2 cm³/mol. The molecule has 0 aromatic heterocycles. The average Bonchev–Trinajstić information content (AvgIpc) is 2.69. The van der Waals surface area contributed by atoms with E-state index < -0.39 is 15.6 Å². The van der Waals surface area contributed by atoms with Crippen LogP contribution in [0.3, 0.4) is 0 Å². The molecule has 0 spiro atoms. The Kier molecular flexibility index (Phi) is 4.32. The summed E-state index contributed by atoms with van der Waals surface area (Å²) in [7, 11) is -3.29. The van der Waals surface area contributed by atoms with Crippen LogP contribution in [0.15, 0.2) is 46.9 Å². The summed E-state index contributed by atoms with van der Waals surface area (Å²) in [5.74, 6) is -0.600. The Morgan fingerprint density at radius 2 is 2.00 bits per heavy atom. The number of sulfone groups is 1. The van der Waals surface area contributed by atoms with Crippen molar-refractivity contribution in [3.8, 4) is 0 Å². The Morgan fingerprint density at radius 1 is 1.35 bits per heavy atom. The Hall–Kier alpha value is -1.17. The Labute approximate surface area is 120 Å². The molecule has 1 atom stereocenters. The van der Waals surface area contributed by atoms with E-state index in [1.54, 1.807) is 37.3 Å². The molecule has 1 aromatic carbocycles. The summed E-state index contributed by atoms with van der Waals surface area (Å²) in [6.07, 6.45) is 1.64. The van der Waals surface area contributed by atoms with E-state index in [9.17, 15) is 8.42 Å². The lowest BCUT2D eigenvalue weighted by atomic mass is 10.2. The van der Waals surface area contributed by atoms with E-state index in [4.69, 9.17) is 9.47 Å². The summed E-state index contributed by atoms with van der Waals surface area (Å²) in [6.45, 7) is 5.94. The molecule has 0 aliphatic carbocycles. The van der Waals surface area contributed by atoms with Crippen LogP contribution in [0.2, 0.25) is 0 Å². The van der Waals surface area contributed by atoms with Gasteiger partial charge in [-0.15, -0.1) is 0 Å². The highest BCUT2D eigenvalue weighted by Crippen LogP contribution is 2.24. The second-order valence-electron chi connectivity index (χ2n) is 5.45. The van der Waals surface area contributed by atoms with Crippen molar-refractivity contribution in [1.82, 2.24) is 0 Å². The minimum Gasteiger partial charge on any atom is -0.347 e. The van der Waals surface area contributed by atoms with E-state index in [2.05, 4.69) is 0 Å². The first-order valence-corrected chi connectivity index (χ1v) is 8.21. The predicted octanol–water partition coefficient (Wildman–Crippen LogP) is 2.56. The molecule has 1 fully saturated rings. The van der Waals surface area contributed by atoms with E-state index in [1.165, 1.54) is 0 Å². The summed E-state index contributed by atoms with van der Waals surface area (Å²) in [6, 6.07) is 8.47. The van der Waals surface area contributed by atoms with Gasteiger partial charge in [0.25, 0.3) is 0 Å². The first-order chi connectivity index (χ1) is 9.28. The van der Waals surface area contributed by atoms with Crippen LogP contribution >= 0.6 is 0 Å². The molecule has 0 bridgehead atoms. The molecule has 0 saturated carbocycles. The smallest absolute Gasteiger partial charge is 0.182 e. The van der Waals surface area contributed by atoms with Crippen molar-refractivity contribution in [3.05, 3.63) is 42.0 Å². The van der Waals surface area contributed by atoms with Crippen molar-refractivity contribution >= 4 is 9.84 Å². The van der Waals surface area contributed by atoms with Crippen LogP contribution < -0.4 is 0 Å². The molecule has 1 aromatic rings. The minimum absolute atomic E-state index is 0.00268. The summed E-state index contributed by atoms with van der Waals surface area (Å²) >= 11 is 0. The number of hydrogen-bond acceptors (Lipinski definition) is 4. The maximum Gasteiger partial charge on any atom is 0.182 e. The van der Waals surface area contributed by atoms with E-state index in [0.29, 0.717) is 11.5 Å². The van der Waals surface area contributed by atoms with Crippen LogP contribution in [0.5, 0.6) is 0 Å². The zero-order chi connectivity index (χ0) is 14.8. The molecule has 5 heteroatoms. The van der Waals surface area contributed by atoms with E-state index in [1.807, 2.05) is 19.9 Å². The molecule has 1 heterocycles. The lowest BCUT2D eigenvalue weighted by molar-refractivity contribution is -0.133. The van der Waals surface area contributed by atoms with E-state index in [0.717, 1.165) is 5.57 Å². The summed E-state index contributed by atoms with van der Waals surface area (Å²) in [4.78, 5) is 0.344. The highest BCUT2D eigenvalue weighted by molar-refractivity contribution is 7.91. The molecular formula is C15H20O4S. The van der Waals surface area contributed by atoms with Crippen molar-refractivity contribution in [2.45, 2.75) is 37.6 Å². The van der Waals surface area contributed by atoms with E-state index >= 15 is 0 Å². The van der Waals surface area contributed by atoms with Gasteiger partial charge in [-0.05, 0) is 32.9 Å². The molecule has 0 N–H and O–H groups in total. The fourth-order valence-corrected chi connectivity index (χ4v) is 3.61. The molecule has 1 aliphatic rings. The highest BCUT2D eigenvalue weighted by Gasteiger charge is 2.31. The summed E-state index contributed by atoms with van der Waals surface area (Å²) < 4.78 is 35.6. The average molecular weight is 296 g/mol. The zero-order valence-electron chi connectivity index (χ0n) is 12.0. The topological polar surface area (TPSA) is 52.6 Å². The van der Waals surface area contributed by atoms with Crippen molar-refractivity contribution < 1.29 is 17.9 Å². The summed E-state index contributed by atoms with van der Waals surface area (Å²) in [5, 5.41) is 0. The normalized spacial score (nSPS) is 22.9. The molecule has 1 saturated heterocycles. The van der Waals surface area contributed by atoms with Gasteiger partial charge in [0.2, 0.25) is 0 Å². The van der Waals surface area contributed by atoms with Crippen molar-refractivity contribution in [2.24, 2.45) is 0 Å². The van der Waals surface area contributed by atoms with Gasteiger partial charge in [0.15, 0.2) is 15.6 Å². The third kappa shape index (κ3) is 3.91. The molecule has 1 aliphatic heterocycles. The standard InChI is InChI=1S/C15H20O4S/c1-12(9-13-10-18-15(2,3)19-13)11-20(16,17)14-7-5-4-6-8-14/h4-9,13H,10-11H2,1-3H3/b12-9+. The van der Waals surface area contributed by atoms with Gasteiger partial charge in [0, 0.05) is 0 Å². The minimum atomic E-state index is -3.29. The van der Waals surface area contributed by atoms with Gasteiger partial charge in [0.1, 0.15) is 6.10 Å². The lowest BCUT2D eigenvalue weighted by Crippen LogP contribution is -2.21. The van der Waals surface area contributed by atoms with E-state index in [-0.39, 0.29) is 11.9 Å². The second kappa shape index (κ2) is 5.68. The molecule has 4 nitrogen and oxygen atoms in total. The van der Waals surface area contributed by atoms with Crippen molar-refractivity contribution in [3.63, 3.8) is 0 Å². The van der Waals surface area contributed by atoms with Gasteiger partial charge in [0.05, 0.1) is 17.3 Å². The van der Waals surface area contributed by atoms with Crippen LogP contribution in [0, 0.1) is 0 Å². The molecule has 2 rings (SSSR count). The zero-order valence-corrected chi connectivity index (χ0v) is 12.8. The van der Waals surface area contributed by atoms with Gasteiger partial charge in [-0.2, -0.15) is 0 Å². The first kappa shape index (κ1) is 15.2. The molecule has 0 amide bonds. The molecule has 1 unspecified atom stereocenters. The van der Waals surface area contributed by atoms with Crippen LogP contribution in [-0.2, 0) is 19.3 Å². The number of benzene rings is 1. The first-order valence-electron chi connectivity index (χ1n) is 6.55. The monoisotopic (exact) mass is 296 g/mol. The third-order valence-electron chi connectivity index (χ3n) is 3.02. The van der Waals surface area contributed by atoms with Crippen molar-refractivity contribution in [1.29, 1.82) is 0 Å². The van der Waals surface area contributed by atoms with Gasteiger partial charge in [-0.3, -0.25) is 0 Å². The SMILES string of the molecule is C/C(=C\C1COC(C)(C)O1)CS(=O)(=O)c1ccccc1. The fourth-order valence-electron chi connectivity index (χ4n) is 2.17. The van der Waals surface area contributed by atoms with Crippen LogP contribution in [0.4, 0.5) is 0 Å². The lowest BCUT2D eigenvalue weighted by Gasteiger charge is -2.16. The molecule has 110 valence electrons. The second-order valence-corrected chi connectivity index (χ2v) is 7.44. The van der Waals surface area contributed by atoms with Gasteiger partial charge in [-0.25, -0.2) is 8.42 Å². The molecule has 20 heavy (non-hydrogen) atoms. The van der Waals surface area contributed by atoms with Crippen LogP contribution in [0.25, 0.3) is 0 Å². The quantitative estimate of drug-likeness (QED) is 0.801. The maximum atomic E-state index is 12.2. The largest absolute Gasteiger partial charge is 0.347 e. The molecular weight excluding hydrogens is 276 g/mol. The van der Waals surface area contributed by atoms with Crippen LogP contribution in [-0.4, -0.2) is 32.7 Å². The van der Waals surface area contributed by atoms with Gasteiger partial charge in [-0.1, -0.05) is 29.8 Å². The van der Waals surface area contributed by atoms with Gasteiger partial charge < -0.3 is 9.47 Å². The Morgan fingerprint density at radius 3 is 2.55 bits per heavy atom. The Balaban J connectivity index is 2.06. The number of hydrogen-bond donors (Lipinski definition) is 0. The highest BCUT2D eigenvalue weighted by atomic mass is 32.2. The van der Waals surface area contributed by atoms with Crippen molar-refractivity contribution in [2.75, 3.05) is 12.4 Å². The number of ether oxygens (including phenoxy) is 2. The Bertz CT molecular complexity index is 588. The number of rotatable bonds is 4. The van der Waals surface area contributed by atoms with Crippen LogP contribution in [0.1, 0.15) is 20.8 Å². The fraction of sp³-hybridized carbons (Fsp3) is 0.467. The van der Waals surface area contributed by atoms with Gasteiger partial charge >= 0.3 is 0 Å². The molecule has 0 radical (unpaired) electrons. The third-order valence-corrected chi connectivity index (χ3v) is 4.85. The summed E-state index contributed by atoms with van der Waals surface area (Å²) in [5.41, 5.74) is 0.764. The maximum absolute atomic E-state index is 12.2.